The summed E-state index contributed by atoms with van der Waals surface area (Å²) in [5.74, 6) is 0.000858. The first-order valence-electron chi connectivity index (χ1n) is 8.36. The van der Waals surface area contributed by atoms with Gasteiger partial charge in [0.15, 0.2) is 5.60 Å². The highest BCUT2D eigenvalue weighted by molar-refractivity contribution is 9.10. The predicted molar refractivity (Wildman–Crippen MR) is 105 cm³/mol. The van der Waals surface area contributed by atoms with Crippen molar-refractivity contribution in [1.82, 2.24) is 4.98 Å². The van der Waals surface area contributed by atoms with Gasteiger partial charge in [0, 0.05) is 27.9 Å². The molecule has 1 aliphatic rings. The number of aromatic hydroxyl groups is 1. The van der Waals surface area contributed by atoms with E-state index in [9.17, 15) is 9.90 Å². The average molecular weight is 426 g/mol. The number of carbonyl (C=O) groups excluding carboxylic acids is 1. The number of cyclic esters (lactones) is 1. The van der Waals surface area contributed by atoms with Crippen LogP contribution in [0.1, 0.15) is 12.0 Å². The van der Waals surface area contributed by atoms with Crippen molar-refractivity contribution in [2.75, 3.05) is 6.61 Å². The highest BCUT2D eigenvalue weighted by Gasteiger charge is 2.45. The van der Waals surface area contributed by atoms with Gasteiger partial charge in [0.05, 0.1) is 0 Å². The Kier molecular flexibility index (Phi) is 4.36. The largest absolute Gasteiger partial charge is 0.506 e. The van der Waals surface area contributed by atoms with Crippen molar-refractivity contribution in [3.05, 3.63) is 76.8 Å². The van der Waals surface area contributed by atoms with Gasteiger partial charge in [0.25, 0.3) is 0 Å². The van der Waals surface area contributed by atoms with Crippen LogP contribution in [-0.4, -0.2) is 22.7 Å². The number of rotatable bonds is 4. The number of benzene rings is 2. The minimum Gasteiger partial charge on any atom is -0.506 e. The Morgan fingerprint density at radius 3 is 2.67 bits per heavy atom. The molecule has 1 aromatic heterocycles. The van der Waals surface area contributed by atoms with Crippen LogP contribution in [0.4, 0.5) is 0 Å². The maximum atomic E-state index is 12.0. The number of hydrogen-bond donors (Lipinski definition) is 1. The van der Waals surface area contributed by atoms with Crippen LogP contribution in [-0.2, 0) is 15.1 Å². The van der Waals surface area contributed by atoms with Gasteiger partial charge in [-0.05, 0) is 29.8 Å². The Labute approximate surface area is 164 Å². The number of fused-ring (bicyclic) bond motifs is 1. The molecule has 4 rings (SSSR count). The molecule has 0 spiro atoms. The molecule has 1 fully saturated rings. The first-order chi connectivity index (χ1) is 13.0. The van der Waals surface area contributed by atoms with Crippen LogP contribution >= 0.6 is 15.9 Å². The fraction of sp³-hybridized carbons (Fsp3) is 0.143. The van der Waals surface area contributed by atoms with Crippen LogP contribution in [0, 0.1) is 0 Å². The van der Waals surface area contributed by atoms with Crippen LogP contribution in [0.2, 0.25) is 0 Å². The summed E-state index contributed by atoms with van der Waals surface area (Å²) >= 11 is 3.41. The summed E-state index contributed by atoms with van der Waals surface area (Å²) in [6.07, 6.45) is 0.340. The molecule has 1 unspecified atom stereocenters. The number of para-hydroxylation sites is 1. The van der Waals surface area contributed by atoms with E-state index < -0.39 is 11.6 Å². The molecular weight excluding hydrogens is 410 g/mol. The zero-order chi connectivity index (χ0) is 19.0. The summed E-state index contributed by atoms with van der Waals surface area (Å²) < 4.78 is 12.5. The highest BCUT2D eigenvalue weighted by Crippen LogP contribution is 2.40. The summed E-state index contributed by atoms with van der Waals surface area (Å²) in [5, 5.41) is 10.8. The molecule has 5 nitrogen and oxygen atoms in total. The van der Waals surface area contributed by atoms with Gasteiger partial charge in [0.1, 0.15) is 17.9 Å². The normalized spacial score (nSPS) is 19.3. The summed E-state index contributed by atoms with van der Waals surface area (Å²) in [6.45, 7) is 3.88. The molecule has 0 amide bonds. The molecule has 27 heavy (non-hydrogen) atoms. The van der Waals surface area contributed by atoms with Crippen molar-refractivity contribution in [2.45, 2.75) is 12.0 Å². The molecular formula is C21H16BrNO4. The SMILES string of the molecule is C=C1CC(COc2ccc3cccc(O)c3n2)(c2ccc(Br)cc2)OC1=O. The quantitative estimate of drug-likeness (QED) is 0.492. The number of ether oxygens (including phenoxy) is 2. The van der Waals surface area contributed by atoms with Crippen molar-refractivity contribution in [2.24, 2.45) is 0 Å². The topological polar surface area (TPSA) is 68.7 Å². The first kappa shape index (κ1) is 17.5. The number of carbonyl (C=O) groups is 1. The molecule has 0 radical (unpaired) electrons. The van der Waals surface area contributed by atoms with Gasteiger partial charge in [-0.2, -0.15) is 0 Å². The zero-order valence-corrected chi connectivity index (χ0v) is 15.9. The van der Waals surface area contributed by atoms with E-state index in [0.29, 0.717) is 23.4 Å². The maximum Gasteiger partial charge on any atom is 0.334 e. The number of halogens is 1. The molecule has 2 heterocycles. The third-order valence-corrected chi connectivity index (χ3v) is 5.10. The lowest BCUT2D eigenvalue weighted by molar-refractivity contribution is -0.150. The van der Waals surface area contributed by atoms with Crippen molar-refractivity contribution in [3.63, 3.8) is 0 Å². The third-order valence-electron chi connectivity index (χ3n) is 4.57. The fourth-order valence-electron chi connectivity index (χ4n) is 3.17. The van der Waals surface area contributed by atoms with Gasteiger partial charge in [-0.3, -0.25) is 0 Å². The zero-order valence-electron chi connectivity index (χ0n) is 14.3. The Balaban J connectivity index is 1.65. The van der Waals surface area contributed by atoms with E-state index >= 15 is 0 Å². The van der Waals surface area contributed by atoms with Crippen LogP contribution in [0.25, 0.3) is 10.9 Å². The Hall–Kier alpha value is -2.86. The van der Waals surface area contributed by atoms with Crippen molar-refractivity contribution < 1.29 is 19.4 Å². The second-order valence-electron chi connectivity index (χ2n) is 6.46. The monoisotopic (exact) mass is 425 g/mol. The lowest BCUT2D eigenvalue weighted by Gasteiger charge is -2.27. The van der Waals surface area contributed by atoms with Gasteiger partial charge < -0.3 is 14.6 Å². The highest BCUT2D eigenvalue weighted by atomic mass is 79.9. The number of esters is 1. The van der Waals surface area contributed by atoms with Gasteiger partial charge in [-0.1, -0.05) is 46.8 Å². The van der Waals surface area contributed by atoms with Gasteiger partial charge >= 0.3 is 5.97 Å². The number of aromatic nitrogens is 1. The predicted octanol–water partition coefficient (Wildman–Crippen LogP) is 4.48. The van der Waals surface area contributed by atoms with E-state index in [1.165, 1.54) is 0 Å². The number of nitrogens with zero attached hydrogens (tertiary/aromatic N) is 1. The van der Waals surface area contributed by atoms with E-state index in [0.717, 1.165) is 15.4 Å². The minimum atomic E-state index is -0.954. The standard InChI is InChI=1S/C21H16BrNO4/c1-13-11-21(27-20(13)25,15-6-8-16(22)9-7-15)12-26-18-10-5-14-3-2-4-17(24)19(14)23-18/h2-10,24H,1,11-12H2. The molecule has 136 valence electrons. The summed E-state index contributed by atoms with van der Waals surface area (Å²) in [7, 11) is 0. The first-order valence-corrected chi connectivity index (χ1v) is 9.15. The summed E-state index contributed by atoms with van der Waals surface area (Å²) in [6, 6.07) is 16.3. The second-order valence-corrected chi connectivity index (χ2v) is 7.37. The Morgan fingerprint density at radius 1 is 1.19 bits per heavy atom. The fourth-order valence-corrected chi connectivity index (χ4v) is 3.43. The number of pyridine rings is 1. The van der Waals surface area contributed by atoms with Gasteiger partial charge in [-0.15, -0.1) is 0 Å². The molecule has 0 bridgehead atoms. The van der Waals surface area contributed by atoms with E-state index in [1.54, 1.807) is 18.2 Å². The van der Waals surface area contributed by atoms with Crippen LogP contribution in [0.3, 0.4) is 0 Å². The Morgan fingerprint density at radius 2 is 1.96 bits per heavy atom. The molecule has 1 saturated heterocycles. The molecule has 1 aliphatic heterocycles. The lowest BCUT2D eigenvalue weighted by atomic mass is 9.90. The van der Waals surface area contributed by atoms with Crippen LogP contribution in [0.5, 0.6) is 11.6 Å². The summed E-state index contributed by atoms with van der Waals surface area (Å²) in [5.41, 5.74) is 0.733. The molecule has 0 saturated carbocycles. The van der Waals surface area contributed by atoms with Gasteiger partial charge in [0.2, 0.25) is 5.88 Å². The number of hydrogen-bond acceptors (Lipinski definition) is 5. The van der Waals surface area contributed by atoms with E-state index in [2.05, 4.69) is 27.5 Å². The van der Waals surface area contributed by atoms with Crippen molar-refractivity contribution >= 4 is 32.8 Å². The lowest BCUT2D eigenvalue weighted by Crippen LogP contribution is -2.33. The number of phenolic OH excluding ortho intramolecular Hbond substituents is 1. The number of phenols is 1. The maximum absolute atomic E-state index is 12.0. The molecule has 1 N–H and O–H groups in total. The minimum absolute atomic E-state index is 0.0845. The molecule has 1 atom stereocenters. The van der Waals surface area contributed by atoms with E-state index in [1.807, 2.05) is 36.4 Å². The van der Waals surface area contributed by atoms with Crippen molar-refractivity contribution in [1.29, 1.82) is 0 Å². The molecule has 6 heteroatoms. The molecule has 3 aromatic rings. The van der Waals surface area contributed by atoms with E-state index in [-0.39, 0.29) is 12.4 Å². The smallest absolute Gasteiger partial charge is 0.334 e. The molecule has 2 aromatic carbocycles. The Bertz CT molecular complexity index is 1030. The van der Waals surface area contributed by atoms with E-state index in [4.69, 9.17) is 9.47 Å². The average Bonchev–Trinajstić information content (AvgIpc) is 2.96. The van der Waals surface area contributed by atoms with Crippen LogP contribution in [0.15, 0.2) is 71.2 Å². The van der Waals surface area contributed by atoms with Crippen molar-refractivity contribution in [3.8, 4) is 11.6 Å². The summed E-state index contributed by atoms with van der Waals surface area (Å²) in [4.78, 5) is 16.4. The molecule has 0 aliphatic carbocycles. The van der Waals surface area contributed by atoms with Crippen LogP contribution < -0.4 is 4.74 Å². The third kappa shape index (κ3) is 3.28. The van der Waals surface area contributed by atoms with Gasteiger partial charge in [-0.25, -0.2) is 9.78 Å². The second kappa shape index (κ2) is 6.70.